The summed E-state index contributed by atoms with van der Waals surface area (Å²) in [6.45, 7) is 5.22. The van der Waals surface area contributed by atoms with Crippen LogP contribution in [-0.4, -0.2) is 37.7 Å². The number of thiophene rings is 2. The SMILES string of the molecule is c1cc(-c2ccc(CCCN3CCOCC3)s2)cs1. The van der Waals surface area contributed by atoms with Crippen LogP contribution in [-0.2, 0) is 11.2 Å². The normalized spacial score (nSPS) is 16.8. The number of hydrogen-bond donors (Lipinski definition) is 0. The number of rotatable bonds is 5. The average Bonchev–Trinajstić information content (AvgIpc) is 3.10. The van der Waals surface area contributed by atoms with E-state index in [2.05, 4.69) is 33.9 Å². The van der Waals surface area contributed by atoms with Crippen molar-refractivity contribution >= 4 is 22.7 Å². The number of hydrogen-bond acceptors (Lipinski definition) is 4. The van der Waals surface area contributed by atoms with Crippen LogP contribution in [0.4, 0.5) is 0 Å². The molecule has 3 rings (SSSR count). The van der Waals surface area contributed by atoms with E-state index < -0.39 is 0 Å². The van der Waals surface area contributed by atoms with Crippen molar-refractivity contribution in [2.45, 2.75) is 12.8 Å². The summed E-state index contributed by atoms with van der Waals surface area (Å²) in [5.74, 6) is 0. The second kappa shape index (κ2) is 6.66. The molecule has 102 valence electrons. The van der Waals surface area contributed by atoms with E-state index in [9.17, 15) is 0 Å². The van der Waals surface area contributed by atoms with Crippen LogP contribution in [0.15, 0.2) is 29.0 Å². The number of nitrogens with zero attached hydrogens (tertiary/aromatic N) is 1. The predicted octanol–water partition coefficient (Wildman–Crippen LogP) is 3.74. The Balaban J connectivity index is 1.48. The third kappa shape index (κ3) is 3.66. The van der Waals surface area contributed by atoms with E-state index in [0.717, 1.165) is 26.3 Å². The van der Waals surface area contributed by atoms with Crippen LogP contribution in [0.25, 0.3) is 10.4 Å². The lowest BCUT2D eigenvalue weighted by molar-refractivity contribution is 0.0375. The van der Waals surface area contributed by atoms with Gasteiger partial charge in [0, 0.05) is 28.4 Å². The lowest BCUT2D eigenvalue weighted by Gasteiger charge is -2.26. The van der Waals surface area contributed by atoms with Gasteiger partial charge in [0.05, 0.1) is 13.2 Å². The van der Waals surface area contributed by atoms with Crippen LogP contribution in [0, 0.1) is 0 Å². The molecule has 0 N–H and O–H groups in total. The van der Waals surface area contributed by atoms with Gasteiger partial charge in [0.25, 0.3) is 0 Å². The molecule has 1 fully saturated rings. The minimum atomic E-state index is 0.904. The molecule has 0 saturated carbocycles. The van der Waals surface area contributed by atoms with E-state index in [-0.39, 0.29) is 0 Å². The van der Waals surface area contributed by atoms with E-state index in [1.807, 2.05) is 11.3 Å². The fourth-order valence-corrected chi connectivity index (χ4v) is 4.15. The van der Waals surface area contributed by atoms with Gasteiger partial charge >= 0.3 is 0 Å². The summed E-state index contributed by atoms with van der Waals surface area (Å²) < 4.78 is 5.37. The second-order valence-corrected chi connectivity index (χ2v) is 6.78. The van der Waals surface area contributed by atoms with Crippen molar-refractivity contribution in [1.29, 1.82) is 0 Å². The highest BCUT2D eigenvalue weighted by molar-refractivity contribution is 7.16. The Morgan fingerprint density at radius 2 is 2.05 bits per heavy atom. The lowest BCUT2D eigenvalue weighted by atomic mass is 10.2. The molecule has 2 aromatic rings. The van der Waals surface area contributed by atoms with Gasteiger partial charge in [0.15, 0.2) is 0 Å². The van der Waals surface area contributed by atoms with Gasteiger partial charge in [0.1, 0.15) is 0 Å². The number of ether oxygens (including phenoxy) is 1. The molecule has 0 amide bonds. The summed E-state index contributed by atoms with van der Waals surface area (Å²) in [5, 5.41) is 4.37. The molecule has 0 aromatic carbocycles. The zero-order valence-electron chi connectivity index (χ0n) is 11.0. The monoisotopic (exact) mass is 293 g/mol. The molecular weight excluding hydrogens is 274 g/mol. The fourth-order valence-electron chi connectivity index (χ4n) is 2.37. The van der Waals surface area contributed by atoms with Crippen LogP contribution in [0.2, 0.25) is 0 Å². The minimum absolute atomic E-state index is 0.904. The third-order valence-electron chi connectivity index (χ3n) is 3.47. The number of aryl methyl sites for hydroxylation is 1. The van der Waals surface area contributed by atoms with Gasteiger partial charge in [-0.25, -0.2) is 0 Å². The van der Waals surface area contributed by atoms with E-state index in [1.165, 1.54) is 34.7 Å². The van der Waals surface area contributed by atoms with Crippen LogP contribution < -0.4 is 0 Å². The summed E-state index contributed by atoms with van der Waals surface area (Å²) in [6.07, 6.45) is 2.45. The van der Waals surface area contributed by atoms with Crippen molar-refractivity contribution in [3.63, 3.8) is 0 Å². The van der Waals surface area contributed by atoms with Crippen LogP contribution >= 0.6 is 22.7 Å². The van der Waals surface area contributed by atoms with Crippen molar-refractivity contribution in [2.75, 3.05) is 32.8 Å². The van der Waals surface area contributed by atoms with Crippen molar-refractivity contribution in [1.82, 2.24) is 4.90 Å². The Labute approximate surface area is 122 Å². The maximum absolute atomic E-state index is 5.37. The van der Waals surface area contributed by atoms with Crippen LogP contribution in [0.3, 0.4) is 0 Å². The van der Waals surface area contributed by atoms with Gasteiger partial charge < -0.3 is 4.74 Å². The van der Waals surface area contributed by atoms with Gasteiger partial charge in [-0.05, 0) is 48.3 Å². The zero-order valence-corrected chi connectivity index (χ0v) is 12.6. The largest absolute Gasteiger partial charge is 0.379 e. The van der Waals surface area contributed by atoms with Crippen molar-refractivity contribution < 1.29 is 4.74 Å². The highest BCUT2D eigenvalue weighted by Gasteiger charge is 2.10. The molecular formula is C15H19NOS2. The smallest absolute Gasteiger partial charge is 0.0594 e. The second-order valence-electron chi connectivity index (χ2n) is 4.84. The molecule has 1 aliphatic rings. The lowest BCUT2D eigenvalue weighted by Crippen LogP contribution is -2.36. The van der Waals surface area contributed by atoms with E-state index in [1.54, 1.807) is 11.3 Å². The molecule has 2 aromatic heterocycles. The van der Waals surface area contributed by atoms with Gasteiger partial charge in [0.2, 0.25) is 0 Å². The summed E-state index contributed by atoms with van der Waals surface area (Å²) in [6, 6.07) is 6.75. The van der Waals surface area contributed by atoms with Crippen molar-refractivity contribution in [2.24, 2.45) is 0 Å². The molecule has 3 heterocycles. The first kappa shape index (κ1) is 13.3. The summed E-state index contributed by atoms with van der Waals surface area (Å²) in [5.41, 5.74) is 1.37. The fraction of sp³-hybridized carbons (Fsp3) is 0.467. The van der Waals surface area contributed by atoms with Gasteiger partial charge in [-0.1, -0.05) is 0 Å². The third-order valence-corrected chi connectivity index (χ3v) is 5.35. The Kier molecular flexibility index (Phi) is 4.66. The molecule has 0 radical (unpaired) electrons. The standard InChI is InChI=1S/C15H19NOS2/c1(6-16-7-9-17-10-8-16)2-14-3-4-15(19-14)13-5-11-18-12-13/h3-5,11-12H,1-2,6-10H2. The molecule has 1 saturated heterocycles. The van der Waals surface area contributed by atoms with E-state index >= 15 is 0 Å². The first-order valence-corrected chi connectivity index (χ1v) is 8.59. The molecule has 19 heavy (non-hydrogen) atoms. The molecule has 0 aliphatic carbocycles. The molecule has 0 atom stereocenters. The highest BCUT2D eigenvalue weighted by atomic mass is 32.1. The molecule has 0 bridgehead atoms. The van der Waals surface area contributed by atoms with Gasteiger partial charge in [-0.2, -0.15) is 11.3 Å². The van der Waals surface area contributed by atoms with Gasteiger partial charge in [-0.15, -0.1) is 11.3 Å². The van der Waals surface area contributed by atoms with E-state index in [4.69, 9.17) is 4.74 Å². The first-order chi connectivity index (χ1) is 9.42. The summed E-state index contributed by atoms with van der Waals surface area (Å²) in [4.78, 5) is 5.42. The quantitative estimate of drug-likeness (QED) is 0.832. The Bertz CT molecular complexity index is 486. The summed E-state index contributed by atoms with van der Waals surface area (Å²) >= 11 is 3.71. The molecule has 2 nitrogen and oxygen atoms in total. The van der Waals surface area contributed by atoms with E-state index in [0.29, 0.717) is 0 Å². The minimum Gasteiger partial charge on any atom is -0.379 e. The Morgan fingerprint density at radius 3 is 2.84 bits per heavy atom. The average molecular weight is 293 g/mol. The maximum Gasteiger partial charge on any atom is 0.0594 e. The van der Waals surface area contributed by atoms with Crippen molar-refractivity contribution in [3.05, 3.63) is 33.8 Å². The molecule has 0 unspecified atom stereocenters. The Hall–Kier alpha value is -0.680. The van der Waals surface area contributed by atoms with Crippen molar-refractivity contribution in [3.8, 4) is 10.4 Å². The van der Waals surface area contributed by atoms with Crippen LogP contribution in [0.1, 0.15) is 11.3 Å². The molecule has 0 spiro atoms. The zero-order chi connectivity index (χ0) is 12.9. The Morgan fingerprint density at radius 1 is 1.16 bits per heavy atom. The molecule has 1 aliphatic heterocycles. The summed E-state index contributed by atoms with van der Waals surface area (Å²) in [7, 11) is 0. The maximum atomic E-state index is 5.37. The van der Waals surface area contributed by atoms with Crippen LogP contribution in [0.5, 0.6) is 0 Å². The first-order valence-electron chi connectivity index (χ1n) is 6.83. The van der Waals surface area contributed by atoms with Gasteiger partial charge in [-0.3, -0.25) is 4.90 Å². The molecule has 4 heteroatoms. The highest BCUT2D eigenvalue weighted by Crippen LogP contribution is 2.30. The predicted molar refractivity (Wildman–Crippen MR) is 83.2 cm³/mol. The topological polar surface area (TPSA) is 12.5 Å². The number of morpholine rings is 1.